The number of nitrogens with zero attached hydrogens (tertiary/aromatic N) is 4. The van der Waals surface area contributed by atoms with Gasteiger partial charge in [-0.05, 0) is 32.6 Å². The molecule has 0 bridgehead atoms. The van der Waals surface area contributed by atoms with E-state index in [1.807, 2.05) is 16.9 Å². The zero-order valence-corrected chi connectivity index (χ0v) is 9.97. The van der Waals surface area contributed by atoms with Crippen LogP contribution in [0.3, 0.4) is 0 Å². The molecule has 16 heavy (non-hydrogen) atoms. The molecule has 0 aliphatic carbocycles. The summed E-state index contributed by atoms with van der Waals surface area (Å²) in [4.78, 5) is 4.90. The lowest BCUT2D eigenvalue weighted by Crippen LogP contribution is -2.31. The van der Waals surface area contributed by atoms with Crippen LogP contribution in [0.5, 0.6) is 0 Å². The fourth-order valence-corrected chi connectivity index (χ4v) is 2.07. The maximum atomic E-state index is 5.58. The highest BCUT2D eigenvalue weighted by atomic mass is 15.3. The predicted molar refractivity (Wildman–Crippen MR) is 65.2 cm³/mol. The fraction of sp³-hybridized carbons (Fsp3) is 0.727. The van der Waals surface area contributed by atoms with Crippen molar-refractivity contribution in [3.05, 3.63) is 12.3 Å². The fourth-order valence-electron chi connectivity index (χ4n) is 2.07. The van der Waals surface area contributed by atoms with Gasteiger partial charge in [0.25, 0.3) is 0 Å². The molecular formula is C11H21N5. The van der Waals surface area contributed by atoms with Gasteiger partial charge in [0.15, 0.2) is 0 Å². The third kappa shape index (κ3) is 3.21. The van der Waals surface area contributed by atoms with E-state index in [9.17, 15) is 0 Å². The normalized spacial score (nSPS) is 19.8. The lowest BCUT2D eigenvalue weighted by atomic mass is 10.4. The van der Waals surface area contributed by atoms with Gasteiger partial charge in [0.1, 0.15) is 5.82 Å². The molecule has 2 rings (SSSR count). The van der Waals surface area contributed by atoms with Crippen LogP contribution in [0.15, 0.2) is 12.3 Å². The highest BCUT2D eigenvalue weighted by molar-refractivity contribution is 5.23. The van der Waals surface area contributed by atoms with Gasteiger partial charge in [-0.15, -0.1) is 0 Å². The molecule has 1 fully saturated rings. The van der Waals surface area contributed by atoms with Crippen molar-refractivity contribution in [3.8, 4) is 0 Å². The molecule has 2 N–H and O–H groups in total. The summed E-state index contributed by atoms with van der Waals surface area (Å²) in [5, 5.41) is 4.19. The van der Waals surface area contributed by atoms with Gasteiger partial charge in [-0.2, -0.15) is 5.10 Å². The van der Waals surface area contributed by atoms with Gasteiger partial charge in [0.2, 0.25) is 0 Å². The third-order valence-corrected chi connectivity index (χ3v) is 3.12. The molecule has 5 heteroatoms. The Morgan fingerprint density at radius 3 is 2.88 bits per heavy atom. The first-order valence-electron chi connectivity index (χ1n) is 5.94. The summed E-state index contributed by atoms with van der Waals surface area (Å²) in [5.74, 6) is 0.607. The molecule has 0 radical (unpaired) electrons. The first-order chi connectivity index (χ1) is 7.74. The van der Waals surface area contributed by atoms with Crippen LogP contribution in [0.2, 0.25) is 0 Å². The molecule has 1 aliphatic heterocycles. The van der Waals surface area contributed by atoms with E-state index in [-0.39, 0.29) is 0 Å². The first kappa shape index (κ1) is 11.4. The SMILES string of the molecule is CN1CCCN(CCn2ccc(N)n2)CC1. The van der Waals surface area contributed by atoms with Crippen LogP contribution in [-0.2, 0) is 6.54 Å². The summed E-state index contributed by atoms with van der Waals surface area (Å²) in [5.41, 5.74) is 5.58. The lowest BCUT2D eigenvalue weighted by Gasteiger charge is -2.19. The van der Waals surface area contributed by atoms with E-state index < -0.39 is 0 Å². The van der Waals surface area contributed by atoms with Crippen LogP contribution in [0.25, 0.3) is 0 Å². The molecule has 0 amide bonds. The minimum atomic E-state index is 0.607. The minimum Gasteiger partial charge on any atom is -0.382 e. The van der Waals surface area contributed by atoms with Gasteiger partial charge >= 0.3 is 0 Å². The van der Waals surface area contributed by atoms with E-state index >= 15 is 0 Å². The number of rotatable bonds is 3. The molecule has 1 aliphatic rings. The molecule has 0 saturated carbocycles. The van der Waals surface area contributed by atoms with Gasteiger partial charge in [0.05, 0.1) is 6.54 Å². The highest BCUT2D eigenvalue weighted by Gasteiger charge is 2.11. The number of anilines is 1. The predicted octanol–water partition coefficient (Wildman–Crippen LogP) is 0.103. The van der Waals surface area contributed by atoms with Crippen molar-refractivity contribution in [1.29, 1.82) is 0 Å². The average Bonchev–Trinajstić information content (AvgIpc) is 2.56. The molecule has 5 nitrogen and oxygen atoms in total. The third-order valence-electron chi connectivity index (χ3n) is 3.12. The van der Waals surface area contributed by atoms with Gasteiger partial charge in [-0.1, -0.05) is 0 Å². The Labute approximate surface area is 96.8 Å². The van der Waals surface area contributed by atoms with E-state index in [1.54, 1.807) is 0 Å². The van der Waals surface area contributed by atoms with E-state index in [0.29, 0.717) is 5.82 Å². The topological polar surface area (TPSA) is 50.3 Å². The number of nitrogens with two attached hydrogens (primary N) is 1. The molecular weight excluding hydrogens is 202 g/mol. The van der Waals surface area contributed by atoms with Gasteiger partial charge in [-0.25, -0.2) is 0 Å². The van der Waals surface area contributed by atoms with Gasteiger partial charge < -0.3 is 15.5 Å². The molecule has 1 aromatic rings. The second-order valence-electron chi connectivity index (χ2n) is 4.50. The van der Waals surface area contributed by atoms with Crippen molar-refractivity contribution < 1.29 is 0 Å². The number of nitrogen functional groups attached to an aromatic ring is 1. The maximum Gasteiger partial charge on any atom is 0.145 e. The summed E-state index contributed by atoms with van der Waals surface area (Å²) in [7, 11) is 2.19. The van der Waals surface area contributed by atoms with Crippen LogP contribution in [0.4, 0.5) is 5.82 Å². The zero-order valence-electron chi connectivity index (χ0n) is 9.97. The highest BCUT2D eigenvalue weighted by Crippen LogP contribution is 2.02. The Bertz CT molecular complexity index is 322. The monoisotopic (exact) mass is 223 g/mol. The molecule has 0 aromatic carbocycles. The molecule has 0 unspecified atom stereocenters. The second-order valence-corrected chi connectivity index (χ2v) is 4.50. The van der Waals surface area contributed by atoms with Crippen molar-refractivity contribution in [2.24, 2.45) is 0 Å². The van der Waals surface area contributed by atoms with Crippen molar-refractivity contribution >= 4 is 5.82 Å². The van der Waals surface area contributed by atoms with E-state index in [1.165, 1.54) is 26.1 Å². The van der Waals surface area contributed by atoms with E-state index in [0.717, 1.165) is 19.6 Å². The van der Waals surface area contributed by atoms with Gasteiger partial charge in [-0.3, -0.25) is 4.68 Å². The Morgan fingerprint density at radius 2 is 2.12 bits per heavy atom. The summed E-state index contributed by atoms with van der Waals surface area (Å²) in [6.45, 7) is 6.73. The Balaban J connectivity index is 1.77. The standard InChI is InChI=1S/C11H21N5/c1-14-4-2-5-15(8-7-14)9-10-16-6-3-11(12)13-16/h3,6H,2,4-5,7-10H2,1H3,(H2,12,13). The lowest BCUT2D eigenvalue weighted by molar-refractivity contribution is 0.263. The molecule has 0 atom stereocenters. The first-order valence-corrected chi connectivity index (χ1v) is 5.94. The zero-order chi connectivity index (χ0) is 11.4. The summed E-state index contributed by atoms with van der Waals surface area (Å²) < 4.78 is 1.92. The largest absolute Gasteiger partial charge is 0.382 e. The molecule has 1 aromatic heterocycles. The maximum absolute atomic E-state index is 5.58. The number of aromatic nitrogens is 2. The molecule has 90 valence electrons. The van der Waals surface area contributed by atoms with E-state index in [2.05, 4.69) is 21.9 Å². The van der Waals surface area contributed by atoms with Crippen molar-refractivity contribution in [1.82, 2.24) is 19.6 Å². The van der Waals surface area contributed by atoms with Gasteiger partial charge in [0, 0.05) is 25.8 Å². The smallest absolute Gasteiger partial charge is 0.145 e. The molecule has 1 saturated heterocycles. The van der Waals surface area contributed by atoms with Crippen molar-refractivity contribution in [2.75, 3.05) is 45.5 Å². The van der Waals surface area contributed by atoms with Crippen LogP contribution < -0.4 is 5.73 Å². The van der Waals surface area contributed by atoms with Crippen LogP contribution >= 0.6 is 0 Å². The number of likely N-dealkylation sites (N-methyl/N-ethyl adjacent to an activating group) is 1. The van der Waals surface area contributed by atoms with E-state index in [4.69, 9.17) is 5.73 Å². The van der Waals surface area contributed by atoms with Crippen LogP contribution in [0, 0.1) is 0 Å². The average molecular weight is 223 g/mol. The van der Waals surface area contributed by atoms with Crippen LogP contribution in [0.1, 0.15) is 6.42 Å². The number of hydrogen-bond donors (Lipinski definition) is 1. The second kappa shape index (κ2) is 5.32. The number of hydrogen-bond acceptors (Lipinski definition) is 4. The van der Waals surface area contributed by atoms with Crippen molar-refractivity contribution in [2.45, 2.75) is 13.0 Å². The summed E-state index contributed by atoms with van der Waals surface area (Å²) >= 11 is 0. The Kier molecular flexibility index (Phi) is 3.79. The summed E-state index contributed by atoms with van der Waals surface area (Å²) in [6.07, 6.45) is 3.21. The molecule has 2 heterocycles. The molecule has 0 spiro atoms. The summed E-state index contributed by atoms with van der Waals surface area (Å²) in [6, 6.07) is 1.84. The Morgan fingerprint density at radius 1 is 1.25 bits per heavy atom. The minimum absolute atomic E-state index is 0.607. The van der Waals surface area contributed by atoms with Crippen molar-refractivity contribution in [3.63, 3.8) is 0 Å². The quantitative estimate of drug-likeness (QED) is 0.790. The Hall–Kier alpha value is -1.07. The van der Waals surface area contributed by atoms with Crippen LogP contribution in [-0.4, -0.2) is 59.4 Å².